The second-order valence-corrected chi connectivity index (χ2v) is 9.72. The Morgan fingerprint density at radius 1 is 1.10 bits per heavy atom. The number of carbonyl (C=O) groups excluding carboxylic acids is 1. The number of sulfonamides is 1. The van der Waals surface area contributed by atoms with Crippen molar-refractivity contribution in [3.63, 3.8) is 0 Å². The zero-order chi connectivity index (χ0) is 21.6. The van der Waals surface area contributed by atoms with Gasteiger partial charge in [-0.15, -0.1) is 0 Å². The molecule has 158 valence electrons. The number of carbonyl (C=O) groups is 1. The number of hydrogen-bond donors (Lipinski definition) is 1. The van der Waals surface area contributed by atoms with Crippen molar-refractivity contribution >= 4 is 27.5 Å². The molecule has 0 aliphatic rings. The molecule has 0 aromatic heterocycles. The minimum Gasteiger partial charge on any atom is -0.497 e. The lowest BCUT2D eigenvalue weighted by Gasteiger charge is -2.23. The normalized spacial score (nSPS) is 12.8. The molecule has 0 bridgehead atoms. The quantitative estimate of drug-likeness (QED) is 0.644. The summed E-state index contributed by atoms with van der Waals surface area (Å²) in [6.45, 7) is 3.86. The Hall–Kier alpha value is -2.09. The molecule has 0 saturated heterocycles. The summed E-state index contributed by atoms with van der Waals surface area (Å²) in [6.07, 6.45) is 0.728. The summed E-state index contributed by atoms with van der Waals surface area (Å²) >= 11 is 5.82. The van der Waals surface area contributed by atoms with Crippen LogP contribution < -0.4 is 10.1 Å². The number of halogens is 1. The topological polar surface area (TPSA) is 75.7 Å². The minimum atomic E-state index is -3.79. The van der Waals surface area contributed by atoms with E-state index in [2.05, 4.69) is 19.2 Å². The monoisotopic (exact) mass is 438 g/mol. The number of methoxy groups -OCH3 is 1. The van der Waals surface area contributed by atoms with Crippen molar-refractivity contribution in [2.75, 3.05) is 20.7 Å². The lowest BCUT2D eigenvalue weighted by atomic mass is 9.97. The molecule has 2 rings (SSSR count). The molecular weight excluding hydrogens is 412 g/mol. The van der Waals surface area contributed by atoms with Gasteiger partial charge in [-0.25, -0.2) is 8.42 Å². The van der Waals surface area contributed by atoms with Gasteiger partial charge in [0.15, 0.2) is 0 Å². The fourth-order valence-electron chi connectivity index (χ4n) is 2.90. The summed E-state index contributed by atoms with van der Waals surface area (Å²) in [5.41, 5.74) is 0.941. The fraction of sp³-hybridized carbons (Fsp3) is 0.381. The number of hydrogen-bond acceptors (Lipinski definition) is 4. The molecule has 1 atom stereocenters. The van der Waals surface area contributed by atoms with Crippen LogP contribution in [0.25, 0.3) is 0 Å². The van der Waals surface area contributed by atoms with Crippen molar-refractivity contribution in [3.8, 4) is 5.75 Å². The molecule has 0 spiro atoms. The summed E-state index contributed by atoms with van der Waals surface area (Å²) < 4.78 is 31.6. The molecule has 0 aliphatic carbocycles. The average molecular weight is 439 g/mol. The van der Waals surface area contributed by atoms with E-state index in [1.165, 1.54) is 31.3 Å². The summed E-state index contributed by atoms with van der Waals surface area (Å²) in [4.78, 5) is 12.7. The molecule has 2 aromatic carbocycles. The van der Waals surface area contributed by atoms with Crippen LogP contribution in [0.4, 0.5) is 0 Å². The molecule has 1 N–H and O–H groups in total. The van der Waals surface area contributed by atoms with Crippen molar-refractivity contribution < 1.29 is 17.9 Å². The van der Waals surface area contributed by atoms with E-state index in [1.54, 1.807) is 7.11 Å². The highest BCUT2D eigenvalue weighted by Crippen LogP contribution is 2.24. The van der Waals surface area contributed by atoms with Crippen molar-refractivity contribution in [2.45, 2.75) is 31.2 Å². The number of rotatable bonds is 9. The molecule has 8 heteroatoms. The first kappa shape index (κ1) is 23.2. The molecule has 29 heavy (non-hydrogen) atoms. The van der Waals surface area contributed by atoms with E-state index in [0.717, 1.165) is 22.0 Å². The van der Waals surface area contributed by atoms with Crippen LogP contribution in [0.1, 0.15) is 31.9 Å². The van der Waals surface area contributed by atoms with Gasteiger partial charge in [-0.1, -0.05) is 37.6 Å². The van der Waals surface area contributed by atoms with E-state index in [4.69, 9.17) is 16.3 Å². The predicted molar refractivity (Wildman–Crippen MR) is 115 cm³/mol. The van der Waals surface area contributed by atoms with Gasteiger partial charge in [0.1, 0.15) is 5.75 Å². The van der Waals surface area contributed by atoms with Crippen LogP contribution in [0.15, 0.2) is 53.4 Å². The van der Waals surface area contributed by atoms with Crippen LogP contribution in [0.2, 0.25) is 5.02 Å². The van der Waals surface area contributed by atoms with E-state index < -0.39 is 10.0 Å². The standard InChI is InChI=1S/C21H27ClN2O4S/c1-15(2)13-20(16-5-9-18(28-4)10-6-16)23-21(25)14-24(3)29(26,27)19-11-7-17(22)8-12-19/h5-12,15,20H,13-14H2,1-4H3,(H,23,25). The van der Waals surface area contributed by atoms with Crippen LogP contribution in [0.3, 0.4) is 0 Å². The molecule has 0 saturated carbocycles. The third kappa shape index (κ3) is 6.45. The first-order valence-electron chi connectivity index (χ1n) is 9.28. The predicted octanol–water partition coefficient (Wildman–Crippen LogP) is 3.87. The number of likely N-dealkylation sites (N-methyl/N-ethyl adjacent to an activating group) is 1. The highest BCUT2D eigenvalue weighted by atomic mass is 35.5. The van der Waals surface area contributed by atoms with Crippen molar-refractivity contribution in [2.24, 2.45) is 5.92 Å². The molecule has 6 nitrogen and oxygen atoms in total. The Labute approximate surface area is 177 Å². The maximum atomic E-state index is 12.7. The maximum absolute atomic E-state index is 12.7. The van der Waals surface area contributed by atoms with Gasteiger partial charge < -0.3 is 10.1 Å². The second kappa shape index (κ2) is 10.1. The van der Waals surface area contributed by atoms with Gasteiger partial charge in [0.2, 0.25) is 15.9 Å². The number of ether oxygens (including phenoxy) is 1. The molecule has 0 heterocycles. The Kier molecular flexibility index (Phi) is 8.07. The number of benzene rings is 2. The number of amides is 1. The SMILES string of the molecule is COc1ccc(C(CC(C)C)NC(=O)CN(C)S(=O)(=O)c2ccc(Cl)cc2)cc1. The van der Waals surface area contributed by atoms with E-state index in [-0.39, 0.29) is 23.4 Å². The largest absolute Gasteiger partial charge is 0.497 e. The van der Waals surface area contributed by atoms with E-state index >= 15 is 0 Å². The third-order valence-corrected chi connectivity index (χ3v) is 6.52. The van der Waals surface area contributed by atoms with Gasteiger partial charge >= 0.3 is 0 Å². The molecular formula is C21H27ClN2O4S. The van der Waals surface area contributed by atoms with Crippen molar-refractivity contribution in [1.82, 2.24) is 9.62 Å². The van der Waals surface area contributed by atoms with Gasteiger partial charge in [0.05, 0.1) is 24.6 Å². The van der Waals surface area contributed by atoms with Crippen LogP contribution in [0.5, 0.6) is 5.75 Å². The molecule has 2 aromatic rings. The van der Waals surface area contributed by atoms with Gasteiger partial charge in [-0.2, -0.15) is 4.31 Å². The lowest BCUT2D eigenvalue weighted by molar-refractivity contribution is -0.122. The zero-order valence-electron chi connectivity index (χ0n) is 17.1. The van der Waals surface area contributed by atoms with Crippen molar-refractivity contribution in [3.05, 3.63) is 59.1 Å². The van der Waals surface area contributed by atoms with Gasteiger partial charge in [0, 0.05) is 12.1 Å². The number of nitrogens with zero attached hydrogens (tertiary/aromatic N) is 1. The zero-order valence-corrected chi connectivity index (χ0v) is 18.6. The molecule has 0 fully saturated rings. The first-order valence-corrected chi connectivity index (χ1v) is 11.1. The van der Waals surface area contributed by atoms with Crippen LogP contribution in [0, 0.1) is 5.92 Å². The summed E-state index contributed by atoms with van der Waals surface area (Å²) in [5.74, 6) is 0.710. The Morgan fingerprint density at radius 3 is 2.21 bits per heavy atom. The lowest BCUT2D eigenvalue weighted by Crippen LogP contribution is -2.40. The second-order valence-electron chi connectivity index (χ2n) is 7.24. The van der Waals surface area contributed by atoms with Crippen LogP contribution in [-0.4, -0.2) is 39.3 Å². The minimum absolute atomic E-state index is 0.0890. The molecule has 0 aliphatic heterocycles. The van der Waals surface area contributed by atoms with Crippen molar-refractivity contribution in [1.29, 1.82) is 0 Å². The highest BCUT2D eigenvalue weighted by Gasteiger charge is 2.24. The number of nitrogens with one attached hydrogen (secondary N) is 1. The fourth-order valence-corrected chi connectivity index (χ4v) is 4.15. The smallest absolute Gasteiger partial charge is 0.243 e. The third-order valence-electron chi connectivity index (χ3n) is 4.45. The highest BCUT2D eigenvalue weighted by molar-refractivity contribution is 7.89. The summed E-state index contributed by atoms with van der Waals surface area (Å²) in [5, 5.41) is 3.40. The van der Waals surface area contributed by atoms with Gasteiger partial charge in [-0.05, 0) is 54.3 Å². The van der Waals surface area contributed by atoms with Crippen LogP contribution >= 0.6 is 11.6 Å². The first-order chi connectivity index (χ1) is 13.6. The Bertz CT molecular complexity index is 913. The van der Waals surface area contributed by atoms with E-state index in [9.17, 15) is 13.2 Å². The van der Waals surface area contributed by atoms with Crippen LogP contribution in [-0.2, 0) is 14.8 Å². The van der Waals surface area contributed by atoms with Gasteiger partial charge in [0.25, 0.3) is 0 Å². The maximum Gasteiger partial charge on any atom is 0.243 e. The molecule has 1 amide bonds. The Balaban J connectivity index is 2.11. The summed E-state index contributed by atoms with van der Waals surface area (Å²) in [7, 11) is -0.806. The molecule has 0 radical (unpaired) electrons. The van der Waals surface area contributed by atoms with E-state index in [0.29, 0.717) is 10.9 Å². The summed E-state index contributed by atoms with van der Waals surface area (Å²) in [6, 6.07) is 13.1. The van der Waals surface area contributed by atoms with E-state index in [1.807, 2.05) is 24.3 Å². The average Bonchev–Trinajstić information content (AvgIpc) is 2.67. The Morgan fingerprint density at radius 2 is 1.69 bits per heavy atom. The molecule has 1 unspecified atom stereocenters. The van der Waals surface area contributed by atoms with Gasteiger partial charge in [-0.3, -0.25) is 4.79 Å².